The molecule has 21 heavy (non-hydrogen) atoms. The van der Waals surface area contributed by atoms with Crippen LogP contribution in [-0.2, 0) is 11.8 Å². The summed E-state index contributed by atoms with van der Waals surface area (Å²) in [5.41, 5.74) is 3.98. The molecule has 3 heteroatoms. The first kappa shape index (κ1) is 15.6. The molecular weight excluding hydrogens is 260 g/mol. The van der Waals surface area contributed by atoms with Crippen molar-refractivity contribution in [1.29, 1.82) is 0 Å². The summed E-state index contributed by atoms with van der Waals surface area (Å²) in [6.45, 7) is 10.6. The number of unbranched alkanes of at least 4 members (excludes halogenated alkanes) is 1. The quantitative estimate of drug-likeness (QED) is 0.897. The van der Waals surface area contributed by atoms with E-state index in [1.54, 1.807) is 4.68 Å². The Morgan fingerprint density at radius 2 is 1.76 bits per heavy atom. The molecule has 0 aliphatic carbocycles. The highest BCUT2D eigenvalue weighted by atomic mass is 16.3. The van der Waals surface area contributed by atoms with Gasteiger partial charge in [0.1, 0.15) is 0 Å². The summed E-state index contributed by atoms with van der Waals surface area (Å²) in [6.07, 6.45) is 3.13. The predicted molar refractivity (Wildman–Crippen MR) is 87.3 cm³/mol. The second-order valence-electron chi connectivity index (χ2n) is 6.75. The minimum atomic E-state index is -0.115. The molecular formula is C18H26N2O. The lowest BCUT2D eigenvalue weighted by molar-refractivity contribution is 0.413. The van der Waals surface area contributed by atoms with Gasteiger partial charge >= 0.3 is 0 Å². The summed E-state index contributed by atoms with van der Waals surface area (Å²) in [5.74, 6) is 0.275. The van der Waals surface area contributed by atoms with E-state index in [-0.39, 0.29) is 11.3 Å². The number of aromatic nitrogens is 2. The van der Waals surface area contributed by atoms with Crippen molar-refractivity contribution in [2.45, 2.75) is 59.3 Å². The van der Waals surface area contributed by atoms with Crippen molar-refractivity contribution in [3.05, 3.63) is 41.1 Å². The first-order valence-corrected chi connectivity index (χ1v) is 7.73. The van der Waals surface area contributed by atoms with Crippen LogP contribution >= 0.6 is 0 Å². The van der Waals surface area contributed by atoms with Crippen LogP contribution in [0, 0.1) is 6.92 Å². The minimum absolute atomic E-state index is 0.115. The molecule has 2 aromatic rings. The molecule has 0 spiro atoms. The number of rotatable bonds is 4. The molecule has 0 aliphatic heterocycles. The lowest BCUT2D eigenvalue weighted by atomic mass is 9.86. The van der Waals surface area contributed by atoms with Gasteiger partial charge in [-0.25, -0.2) is 4.68 Å². The number of hydrogen-bond donors (Lipinski definition) is 1. The number of hydrogen-bond acceptors (Lipinski definition) is 2. The second-order valence-corrected chi connectivity index (χ2v) is 6.75. The molecule has 0 bridgehead atoms. The van der Waals surface area contributed by atoms with Gasteiger partial charge in [-0.1, -0.05) is 51.8 Å². The molecule has 0 fully saturated rings. The highest BCUT2D eigenvalue weighted by Gasteiger charge is 2.27. The molecule has 0 saturated heterocycles. The van der Waals surface area contributed by atoms with Crippen molar-refractivity contribution in [3.8, 4) is 11.6 Å². The first-order chi connectivity index (χ1) is 9.84. The smallest absolute Gasteiger partial charge is 0.218 e. The van der Waals surface area contributed by atoms with Gasteiger partial charge in [0.2, 0.25) is 5.88 Å². The average Bonchev–Trinajstić information content (AvgIpc) is 2.74. The van der Waals surface area contributed by atoms with E-state index in [2.05, 4.69) is 39.7 Å². The number of benzene rings is 1. The molecule has 0 aliphatic rings. The molecule has 0 amide bonds. The van der Waals surface area contributed by atoms with Gasteiger partial charge in [-0.3, -0.25) is 0 Å². The monoisotopic (exact) mass is 286 g/mol. The molecule has 1 heterocycles. The standard InChI is InChI=1S/C18H26N2O/c1-6-7-8-15-16(18(3,4)5)17(21)20(19-15)14-11-9-13(2)10-12-14/h9-12,21H,6-8H2,1-5H3. The van der Waals surface area contributed by atoms with Crippen molar-refractivity contribution in [2.24, 2.45) is 0 Å². The van der Waals surface area contributed by atoms with Crippen LogP contribution in [0.3, 0.4) is 0 Å². The van der Waals surface area contributed by atoms with Gasteiger partial charge in [0.15, 0.2) is 0 Å². The third kappa shape index (κ3) is 3.29. The lowest BCUT2D eigenvalue weighted by Crippen LogP contribution is -2.13. The van der Waals surface area contributed by atoms with Gasteiger partial charge < -0.3 is 5.11 Å². The first-order valence-electron chi connectivity index (χ1n) is 7.73. The Kier molecular flexibility index (Phi) is 4.40. The molecule has 0 radical (unpaired) electrons. The summed E-state index contributed by atoms with van der Waals surface area (Å²) < 4.78 is 1.67. The third-order valence-corrected chi connectivity index (χ3v) is 3.73. The molecule has 1 N–H and O–H groups in total. The fourth-order valence-electron chi connectivity index (χ4n) is 2.61. The highest BCUT2D eigenvalue weighted by Crippen LogP contribution is 2.35. The van der Waals surface area contributed by atoms with Crippen LogP contribution < -0.4 is 0 Å². The SMILES string of the molecule is CCCCc1nn(-c2ccc(C)cc2)c(O)c1C(C)(C)C. The molecule has 0 saturated carbocycles. The molecule has 1 aromatic heterocycles. The van der Waals surface area contributed by atoms with Crippen molar-refractivity contribution in [3.63, 3.8) is 0 Å². The van der Waals surface area contributed by atoms with Crippen LogP contribution in [0.5, 0.6) is 5.88 Å². The Morgan fingerprint density at radius 3 is 2.29 bits per heavy atom. The third-order valence-electron chi connectivity index (χ3n) is 3.73. The topological polar surface area (TPSA) is 38.0 Å². The fraction of sp³-hybridized carbons (Fsp3) is 0.500. The zero-order chi connectivity index (χ0) is 15.6. The molecule has 2 rings (SSSR count). The van der Waals surface area contributed by atoms with E-state index in [9.17, 15) is 5.11 Å². The molecule has 0 unspecified atom stereocenters. The van der Waals surface area contributed by atoms with Crippen LogP contribution in [0.15, 0.2) is 24.3 Å². The van der Waals surface area contributed by atoms with E-state index in [4.69, 9.17) is 0 Å². The van der Waals surface area contributed by atoms with Crippen molar-refractivity contribution < 1.29 is 5.11 Å². The summed E-state index contributed by atoms with van der Waals surface area (Å²) >= 11 is 0. The Labute approximate surface area is 127 Å². The summed E-state index contributed by atoms with van der Waals surface area (Å²) in [6, 6.07) is 8.08. The van der Waals surface area contributed by atoms with E-state index in [0.717, 1.165) is 36.2 Å². The molecule has 3 nitrogen and oxygen atoms in total. The van der Waals surface area contributed by atoms with Gasteiger partial charge in [0.05, 0.1) is 11.4 Å². The maximum absolute atomic E-state index is 10.7. The maximum Gasteiger partial charge on any atom is 0.218 e. The van der Waals surface area contributed by atoms with E-state index >= 15 is 0 Å². The van der Waals surface area contributed by atoms with Crippen LogP contribution in [0.2, 0.25) is 0 Å². The Hall–Kier alpha value is -1.77. The minimum Gasteiger partial charge on any atom is -0.493 e. The number of aromatic hydroxyl groups is 1. The predicted octanol–water partition coefficient (Wildman–Crippen LogP) is 4.53. The molecule has 114 valence electrons. The van der Waals surface area contributed by atoms with E-state index in [1.807, 2.05) is 24.3 Å². The molecule has 0 atom stereocenters. The lowest BCUT2D eigenvalue weighted by Gasteiger charge is -2.19. The maximum atomic E-state index is 10.7. The van der Waals surface area contributed by atoms with Crippen LogP contribution in [0.4, 0.5) is 0 Å². The molecule has 1 aromatic carbocycles. The summed E-state index contributed by atoms with van der Waals surface area (Å²) in [4.78, 5) is 0. The van der Waals surface area contributed by atoms with Crippen molar-refractivity contribution in [1.82, 2.24) is 9.78 Å². The average molecular weight is 286 g/mol. The normalized spacial score (nSPS) is 11.9. The van der Waals surface area contributed by atoms with Crippen LogP contribution in [0.1, 0.15) is 57.4 Å². The zero-order valence-electron chi connectivity index (χ0n) is 13.8. The summed E-state index contributed by atoms with van der Waals surface area (Å²) in [5, 5.41) is 15.3. The number of aryl methyl sites for hydroxylation is 2. The Balaban J connectivity index is 2.52. The van der Waals surface area contributed by atoms with Crippen molar-refractivity contribution >= 4 is 0 Å². The van der Waals surface area contributed by atoms with Gasteiger partial charge in [0, 0.05) is 5.56 Å². The fourth-order valence-corrected chi connectivity index (χ4v) is 2.61. The van der Waals surface area contributed by atoms with Gasteiger partial charge in [-0.15, -0.1) is 0 Å². The zero-order valence-corrected chi connectivity index (χ0v) is 13.8. The van der Waals surface area contributed by atoms with Gasteiger partial charge in [-0.05, 0) is 37.3 Å². The van der Waals surface area contributed by atoms with Gasteiger partial charge in [-0.2, -0.15) is 5.10 Å². The highest BCUT2D eigenvalue weighted by molar-refractivity contribution is 5.44. The number of nitrogens with zero attached hydrogens (tertiary/aromatic N) is 2. The van der Waals surface area contributed by atoms with E-state index in [1.165, 1.54) is 5.56 Å². The summed E-state index contributed by atoms with van der Waals surface area (Å²) in [7, 11) is 0. The van der Waals surface area contributed by atoms with E-state index in [0.29, 0.717) is 0 Å². The second kappa shape index (κ2) is 5.92. The van der Waals surface area contributed by atoms with Crippen LogP contribution in [0.25, 0.3) is 5.69 Å². The Morgan fingerprint density at radius 1 is 1.14 bits per heavy atom. The Bertz CT molecular complexity index is 603. The van der Waals surface area contributed by atoms with Crippen LogP contribution in [-0.4, -0.2) is 14.9 Å². The van der Waals surface area contributed by atoms with E-state index < -0.39 is 0 Å². The van der Waals surface area contributed by atoms with Gasteiger partial charge in [0.25, 0.3) is 0 Å². The largest absolute Gasteiger partial charge is 0.493 e. The van der Waals surface area contributed by atoms with Crippen molar-refractivity contribution in [2.75, 3.05) is 0 Å².